The maximum Gasteiger partial charge on any atom is 0.416 e. The molecule has 0 saturated carbocycles. The van der Waals surface area contributed by atoms with E-state index in [1.807, 2.05) is 30.8 Å². The molecule has 0 N–H and O–H groups in total. The third kappa shape index (κ3) is 3.87. The summed E-state index contributed by atoms with van der Waals surface area (Å²) in [4.78, 5) is 30.7. The predicted octanol–water partition coefficient (Wildman–Crippen LogP) is 2.75. The first kappa shape index (κ1) is 20.6. The van der Waals surface area contributed by atoms with Crippen LogP contribution in [0.25, 0.3) is 0 Å². The number of carbonyl (C=O) groups excluding carboxylic acids is 2. The SMILES string of the molecule is CN(C)CC(=O)N1CC[C@@]2(C)[C@@H]1CCC(=O)N2Cc1ccc(C(F)(F)F)cc1. The molecule has 2 aliphatic heterocycles. The number of likely N-dealkylation sites (tertiary alicyclic amines) is 2. The first-order valence-corrected chi connectivity index (χ1v) is 9.43. The highest BCUT2D eigenvalue weighted by Gasteiger charge is 2.53. The van der Waals surface area contributed by atoms with E-state index in [1.165, 1.54) is 12.1 Å². The van der Waals surface area contributed by atoms with Gasteiger partial charge in [0, 0.05) is 19.5 Å². The summed E-state index contributed by atoms with van der Waals surface area (Å²) in [6.45, 7) is 3.14. The molecule has 1 aromatic rings. The van der Waals surface area contributed by atoms with Gasteiger partial charge in [-0.2, -0.15) is 13.2 Å². The molecule has 3 rings (SSSR count). The average molecular weight is 397 g/mol. The van der Waals surface area contributed by atoms with Gasteiger partial charge in [0.25, 0.3) is 0 Å². The van der Waals surface area contributed by atoms with Gasteiger partial charge in [0.2, 0.25) is 11.8 Å². The average Bonchev–Trinajstić information content (AvgIpc) is 2.94. The lowest BCUT2D eigenvalue weighted by molar-refractivity contribution is -0.148. The number of alkyl halides is 3. The standard InChI is InChI=1S/C20H26F3N3O2/c1-19-10-11-25(18(28)13-24(2)3)16(19)8-9-17(27)26(19)12-14-4-6-15(7-5-14)20(21,22)23/h4-7,16H,8-13H2,1-3H3/t16-,19-/m0/s1. The Kier molecular flexibility index (Phi) is 5.44. The van der Waals surface area contributed by atoms with Crippen LogP contribution in [-0.2, 0) is 22.3 Å². The van der Waals surface area contributed by atoms with Crippen LogP contribution in [0.2, 0.25) is 0 Å². The van der Waals surface area contributed by atoms with Crippen molar-refractivity contribution >= 4 is 11.8 Å². The highest BCUT2D eigenvalue weighted by atomic mass is 19.4. The fourth-order valence-corrected chi connectivity index (χ4v) is 4.38. The smallest absolute Gasteiger partial charge is 0.336 e. The van der Waals surface area contributed by atoms with E-state index in [4.69, 9.17) is 0 Å². The quantitative estimate of drug-likeness (QED) is 0.785. The van der Waals surface area contributed by atoms with E-state index in [1.54, 1.807) is 4.90 Å². The van der Waals surface area contributed by atoms with Gasteiger partial charge in [-0.15, -0.1) is 0 Å². The van der Waals surface area contributed by atoms with E-state index in [9.17, 15) is 22.8 Å². The second-order valence-electron chi connectivity index (χ2n) is 8.16. The number of nitrogens with zero attached hydrogens (tertiary/aromatic N) is 3. The molecule has 5 nitrogen and oxygen atoms in total. The number of piperidine rings is 1. The molecule has 2 heterocycles. The van der Waals surface area contributed by atoms with E-state index >= 15 is 0 Å². The number of likely N-dealkylation sites (N-methyl/N-ethyl adjacent to an activating group) is 1. The van der Waals surface area contributed by atoms with Gasteiger partial charge in [0.15, 0.2) is 0 Å². The molecule has 0 bridgehead atoms. The molecule has 0 radical (unpaired) electrons. The molecule has 28 heavy (non-hydrogen) atoms. The fourth-order valence-electron chi connectivity index (χ4n) is 4.38. The Morgan fingerprint density at radius 3 is 2.46 bits per heavy atom. The molecule has 154 valence electrons. The Bertz CT molecular complexity index is 748. The second kappa shape index (κ2) is 7.39. The zero-order chi connectivity index (χ0) is 20.7. The summed E-state index contributed by atoms with van der Waals surface area (Å²) in [5, 5.41) is 0. The molecule has 0 spiro atoms. The molecule has 2 aliphatic rings. The van der Waals surface area contributed by atoms with Crippen LogP contribution < -0.4 is 0 Å². The van der Waals surface area contributed by atoms with E-state index in [-0.39, 0.29) is 24.4 Å². The van der Waals surface area contributed by atoms with Crippen LogP contribution in [0.4, 0.5) is 13.2 Å². The zero-order valence-electron chi connectivity index (χ0n) is 16.4. The molecule has 2 amide bonds. The van der Waals surface area contributed by atoms with E-state index < -0.39 is 17.3 Å². The number of benzene rings is 1. The number of carbonyl (C=O) groups is 2. The normalized spacial score (nSPS) is 25.4. The third-order valence-electron chi connectivity index (χ3n) is 5.90. The number of rotatable bonds is 4. The lowest BCUT2D eigenvalue weighted by atomic mass is 9.83. The molecular weight excluding hydrogens is 371 g/mol. The molecule has 8 heteroatoms. The minimum atomic E-state index is -4.38. The third-order valence-corrected chi connectivity index (χ3v) is 5.90. The van der Waals surface area contributed by atoms with Crippen LogP contribution in [-0.4, -0.2) is 65.3 Å². The largest absolute Gasteiger partial charge is 0.416 e. The van der Waals surface area contributed by atoms with Crippen molar-refractivity contribution < 1.29 is 22.8 Å². The molecule has 0 aliphatic carbocycles. The summed E-state index contributed by atoms with van der Waals surface area (Å²) in [7, 11) is 3.68. The maximum absolute atomic E-state index is 12.8. The molecular formula is C20H26F3N3O2. The zero-order valence-corrected chi connectivity index (χ0v) is 16.4. The summed E-state index contributed by atoms with van der Waals surface area (Å²) < 4.78 is 38.3. The first-order chi connectivity index (χ1) is 13.0. The highest BCUT2D eigenvalue weighted by Crippen LogP contribution is 2.41. The molecule has 2 fully saturated rings. The number of amides is 2. The minimum Gasteiger partial charge on any atom is -0.336 e. The Morgan fingerprint density at radius 2 is 1.89 bits per heavy atom. The Balaban J connectivity index is 1.79. The summed E-state index contributed by atoms with van der Waals surface area (Å²) >= 11 is 0. The van der Waals surface area contributed by atoms with Crippen molar-refractivity contribution in [2.45, 2.75) is 50.5 Å². The molecule has 0 unspecified atom stereocenters. The van der Waals surface area contributed by atoms with Crippen molar-refractivity contribution in [2.75, 3.05) is 27.2 Å². The number of halogens is 3. The van der Waals surface area contributed by atoms with Crippen LogP contribution in [0.5, 0.6) is 0 Å². The number of fused-ring (bicyclic) bond motifs is 1. The summed E-state index contributed by atoms with van der Waals surface area (Å²) in [5.41, 5.74) is -0.548. The number of hydrogen-bond acceptors (Lipinski definition) is 3. The predicted molar refractivity (Wildman–Crippen MR) is 98.3 cm³/mol. The molecule has 0 aromatic heterocycles. The lowest BCUT2D eigenvalue weighted by Gasteiger charge is -2.48. The van der Waals surface area contributed by atoms with E-state index in [0.29, 0.717) is 37.9 Å². The fraction of sp³-hybridized carbons (Fsp3) is 0.600. The Labute approximate surface area is 163 Å². The number of hydrogen-bond donors (Lipinski definition) is 0. The Hall–Kier alpha value is -2.09. The maximum atomic E-state index is 12.8. The van der Waals surface area contributed by atoms with Gasteiger partial charge in [0.05, 0.1) is 23.7 Å². The van der Waals surface area contributed by atoms with Crippen LogP contribution in [0.3, 0.4) is 0 Å². The van der Waals surface area contributed by atoms with Gasteiger partial charge in [-0.25, -0.2) is 0 Å². The van der Waals surface area contributed by atoms with Crippen molar-refractivity contribution in [3.05, 3.63) is 35.4 Å². The topological polar surface area (TPSA) is 43.9 Å². The first-order valence-electron chi connectivity index (χ1n) is 9.43. The van der Waals surface area contributed by atoms with Crippen molar-refractivity contribution in [2.24, 2.45) is 0 Å². The van der Waals surface area contributed by atoms with E-state index in [0.717, 1.165) is 12.1 Å². The Morgan fingerprint density at radius 1 is 1.25 bits per heavy atom. The van der Waals surface area contributed by atoms with Crippen molar-refractivity contribution in [3.8, 4) is 0 Å². The van der Waals surface area contributed by atoms with Crippen LogP contribution in [0.15, 0.2) is 24.3 Å². The van der Waals surface area contributed by atoms with Crippen LogP contribution in [0.1, 0.15) is 37.3 Å². The minimum absolute atomic E-state index is 0.0134. The van der Waals surface area contributed by atoms with Crippen molar-refractivity contribution in [1.29, 1.82) is 0 Å². The van der Waals surface area contributed by atoms with Gasteiger partial charge >= 0.3 is 6.18 Å². The van der Waals surface area contributed by atoms with Gasteiger partial charge in [-0.1, -0.05) is 12.1 Å². The summed E-state index contributed by atoms with van der Waals surface area (Å²) in [6.07, 6.45) is -2.75. The second-order valence-corrected chi connectivity index (χ2v) is 8.16. The summed E-state index contributed by atoms with van der Waals surface area (Å²) in [5.74, 6) is 0.0307. The van der Waals surface area contributed by atoms with Crippen LogP contribution >= 0.6 is 0 Å². The van der Waals surface area contributed by atoms with Gasteiger partial charge in [-0.05, 0) is 51.6 Å². The summed E-state index contributed by atoms with van der Waals surface area (Å²) in [6, 6.07) is 4.88. The monoisotopic (exact) mass is 397 g/mol. The van der Waals surface area contributed by atoms with Gasteiger partial charge in [-0.3, -0.25) is 9.59 Å². The molecule has 1 aromatic carbocycles. The van der Waals surface area contributed by atoms with Crippen LogP contribution in [0, 0.1) is 0 Å². The molecule has 2 atom stereocenters. The van der Waals surface area contributed by atoms with Crippen molar-refractivity contribution in [1.82, 2.24) is 14.7 Å². The van der Waals surface area contributed by atoms with E-state index in [2.05, 4.69) is 0 Å². The highest BCUT2D eigenvalue weighted by molar-refractivity contribution is 5.82. The van der Waals surface area contributed by atoms with Crippen molar-refractivity contribution in [3.63, 3.8) is 0 Å². The van der Waals surface area contributed by atoms with Gasteiger partial charge in [0.1, 0.15) is 0 Å². The molecule has 2 saturated heterocycles. The lowest BCUT2D eigenvalue weighted by Crippen LogP contribution is -2.61. The van der Waals surface area contributed by atoms with Gasteiger partial charge < -0.3 is 14.7 Å².